The molecule has 0 aliphatic carbocycles. The van der Waals surface area contributed by atoms with Crippen LogP contribution in [0.3, 0.4) is 0 Å². The average molecular weight is 439 g/mol. The van der Waals surface area contributed by atoms with Crippen molar-refractivity contribution < 1.29 is 12.9 Å². The molecule has 0 N–H and O–H groups in total. The maximum Gasteiger partial charge on any atom is 0.217 e. The molecule has 0 saturated carbocycles. The highest BCUT2D eigenvalue weighted by atomic mass is 35.7. The van der Waals surface area contributed by atoms with Crippen molar-refractivity contribution in [2.75, 3.05) is 12.3 Å². The average Bonchev–Trinajstić information content (AvgIpc) is 3.28. The molecule has 3 atom stereocenters. The van der Waals surface area contributed by atoms with Crippen LogP contribution in [0.4, 0.5) is 0 Å². The third-order valence-electron chi connectivity index (χ3n) is 5.30. The molecule has 2 aromatic carbocycles. The molecule has 5 nitrogen and oxygen atoms in total. The van der Waals surface area contributed by atoms with Crippen LogP contribution in [0.25, 0.3) is 0 Å². The Hall–Kier alpha value is -1.01. The Morgan fingerprint density at radius 1 is 1.04 bits per heavy atom. The zero-order valence-electron chi connectivity index (χ0n) is 15.5. The Kier molecular flexibility index (Phi) is 6.36. The summed E-state index contributed by atoms with van der Waals surface area (Å²) < 4.78 is 36.3. The third kappa shape index (κ3) is 4.59. The van der Waals surface area contributed by atoms with Crippen molar-refractivity contribution in [3.05, 3.63) is 71.8 Å². The first kappa shape index (κ1) is 20.3. The fraction of sp³-hybridized carbons (Fsp3) is 0.400. The SMILES string of the molecule is O=S(=O)(C[C@H]1OP(Cl)N2CCC[C@@H]12)N(Cc1ccccc1)Cc1ccccc1. The van der Waals surface area contributed by atoms with Crippen LogP contribution in [0, 0.1) is 0 Å². The van der Waals surface area contributed by atoms with Gasteiger partial charge in [-0.2, -0.15) is 4.31 Å². The minimum atomic E-state index is -3.53. The summed E-state index contributed by atoms with van der Waals surface area (Å²) in [5, 5.41) is 0. The van der Waals surface area contributed by atoms with Gasteiger partial charge in [0, 0.05) is 25.7 Å². The summed E-state index contributed by atoms with van der Waals surface area (Å²) in [7, 11) is -4.72. The standard InChI is InChI=1S/C20H24ClN2O3PS/c21-27-23-13-7-12-19(23)20(26-27)16-28(24,25)22(14-17-8-3-1-4-9-17)15-18-10-5-2-6-11-18/h1-6,8-11,19-20H,7,12-16H2/t19-,20+,27?/m0/s1. The van der Waals surface area contributed by atoms with Crippen LogP contribution in [-0.4, -0.2) is 41.8 Å². The Balaban J connectivity index is 1.55. The van der Waals surface area contributed by atoms with Gasteiger partial charge in [-0.15, -0.1) is 0 Å². The number of nitrogens with zero attached hydrogens (tertiary/aromatic N) is 2. The van der Waals surface area contributed by atoms with Gasteiger partial charge in [0.25, 0.3) is 0 Å². The fourth-order valence-electron chi connectivity index (χ4n) is 3.87. The lowest BCUT2D eigenvalue weighted by Gasteiger charge is -2.25. The largest absolute Gasteiger partial charge is 0.325 e. The van der Waals surface area contributed by atoms with E-state index in [4.69, 9.17) is 15.8 Å². The Labute approximate surface area is 173 Å². The number of fused-ring (bicyclic) bond motifs is 1. The molecule has 0 radical (unpaired) electrons. The quantitative estimate of drug-likeness (QED) is 0.603. The maximum absolute atomic E-state index is 13.4. The zero-order chi connectivity index (χ0) is 19.6. The second kappa shape index (κ2) is 8.78. The summed E-state index contributed by atoms with van der Waals surface area (Å²) in [5.74, 6) is -0.0284. The molecule has 2 heterocycles. The van der Waals surface area contributed by atoms with Gasteiger partial charge in [-0.3, -0.25) is 0 Å². The normalized spacial score (nSPS) is 25.3. The van der Waals surface area contributed by atoms with Crippen molar-refractivity contribution in [2.45, 2.75) is 38.1 Å². The van der Waals surface area contributed by atoms with E-state index in [-0.39, 0.29) is 17.9 Å². The van der Waals surface area contributed by atoms with Gasteiger partial charge in [0.05, 0.1) is 11.9 Å². The smallest absolute Gasteiger partial charge is 0.217 e. The van der Waals surface area contributed by atoms with Gasteiger partial charge >= 0.3 is 0 Å². The van der Waals surface area contributed by atoms with E-state index in [1.54, 1.807) is 4.31 Å². The lowest BCUT2D eigenvalue weighted by atomic mass is 10.1. The summed E-state index contributed by atoms with van der Waals surface area (Å²) in [6, 6.07) is 19.5. The van der Waals surface area contributed by atoms with Crippen LogP contribution in [0.1, 0.15) is 24.0 Å². The first-order chi connectivity index (χ1) is 13.5. The number of hydrogen-bond acceptors (Lipinski definition) is 4. The molecule has 2 aliphatic rings. The molecule has 0 aromatic heterocycles. The van der Waals surface area contributed by atoms with E-state index in [0.29, 0.717) is 13.1 Å². The highest BCUT2D eigenvalue weighted by Crippen LogP contribution is 2.58. The molecule has 0 bridgehead atoms. The Morgan fingerprint density at radius 2 is 1.61 bits per heavy atom. The molecular weight excluding hydrogens is 415 g/mol. The van der Waals surface area contributed by atoms with Crippen molar-refractivity contribution >= 4 is 28.9 Å². The van der Waals surface area contributed by atoms with E-state index in [2.05, 4.69) is 4.67 Å². The lowest BCUT2D eigenvalue weighted by molar-refractivity contribution is 0.231. The van der Waals surface area contributed by atoms with Crippen molar-refractivity contribution in [2.24, 2.45) is 0 Å². The van der Waals surface area contributed by atoms with Gasteiger partial charge in [0.1, 0.15) is 0 Å². The number of sulfonamides is 1. The van der Waals surface area contributed by atoms with Crippen LogP contribution >= 0.6 is 18.9 Å². The number of halogens is 1. The van der Waals surface area contributed by atoms with E-state index < -0.39 is 17.7 Å². The second-order valence-electron chi connectivity index (χ2n) is 7.26. The van der Waals surface area contributed by atoms with Gasteiger partial charge in [-0.25, -0.2) is 13.1 Å². The monoisotopic (exact) mass is 438 g/mol. The van der Waals surface area contributed by atoms with E-state index in [1.807, 2.05) is 60.7 Å². The highest BCUT2D eigenvalue weighted by Gasteiger charge is 2.47. The summed E-state index contributed by atoms with van der Waals surface area (Å²) in [6.07, 6.45) is 1.64. The van der Waals surface area contributed by atoms with Crippen LogP contribution < -0.4 is 0 Å². The summed E-state index contributed by atoms with van der Waals surface area (Å²) in [6.45, 7) is 1.58. The number of rotatable bonds is 7. The first-order valence-electron chi connectivity index (χ1n) is 9.48. The maximum atomic E-state index is 13.4. The highest BCUT2D eigenvalue weighted by molar-refractivity contribution is 7.89. The summed E-state index contributed by atoms with van der Waals surface area (Å²) in [5.41, 5.74) is 1.94. The van der Waals surface area contributed by atoms with Gasteiger partial charge in [0.15, 0.2) is 0 Å². The minimum absolute atomic E-state index is 0.0284. The topological polar surface area (TPSA) is 49.9 Å². The molecule has 2 aliphatic heterocycles. The molecule has 0 amide bonds. The molecule has 150 valence electrons. The molecule has 2 aromatic rings. The molecular formula is C20H24ClN2O3PS. The van der Waals surface area contributed by atoms with E-state index in [1.165, 1.54) is 0 Å². The first-order valence-corrected chi connectivity index (χ1v) is 13.2. The van der Waals surface area contributed by atoms with Gasteiger partial charge in [-0.05, 0) is 35.2 Å². The molecule has 2 saturated heterocycles. The molecule has 1 unspecified atom stereocenters. The molecule has 4 rings (SSSR count). The number of benzene rings is 2. The van der Waals surface area contributed by atoms with Crippen molar-refractivity contribution in [1.29, 1.82) is 0 Å². The summed E-state index contributed by atoms with van der Waals surface area (Å²) in [4.78, 5) is 0. The Bertz CT molecular complexity index is 843. The Morgan fingerprint density at radius 3 is 2.18 bits per heavy atom. The molecule has 2 fully saturated rings. The summed E-state index contributed by atoms with van der Waals surface area (Å²) >= 11 is 6.34. The fourth-order valence-corrected chi connectivity index (χ4v) is 7.81. The van der Waals surface area contributed by atoms with E-state index >= 15 is 0 Å². The van der Waals surface area contributed by atoms with Gasteiger partial charge in [0.2, 0.25) is 17.7 Å². The van der Waals surface area contributed by atoms with Crippen molar-refractivity contribution in [1.82, 2.24) is 8.98 Å². The third-order valence-corrected chi connectivity index (χ3v) is 9.26. The molecule has 0 spiro atoms. The van der Waals surface area contributed by atoms with Crippen LogP contribution in [0.5, 0.6) is 0 Å². The van der Waals surface area contributed by atoms with E-state index in [9.17, 15) is 8.42 Å². The predicted octanol–water partition coefficient (Wildman–Crippen LogP) is 4.35. The van der Waals surface area contributed by atoms with Crippen LogP contribution in [0.15, 0.2) is 60.7 Å². The van der Waals surface area contributed by atoms with E-state index in [0.717, 1.165) is 30.5 Å². The number of hydrogen-bond donors (Lipinski definition) is 0. The van der Waals surface area contributed by atoms with Crippen molar-refractivity contribution in [3.63, 3.8) is 0 Å². The zero-order valence-corrected chi connectivity index (χ0v) is 18.0. The second-order valence-corrected chi connectivity index (χ2v) is 11.3. The van der Waals surface area contributed by atoms with Gasteiger partial charge in [-0.1, -0.05) is 60.7 Å². The van der Waals surface area contributed by atoms with Crippen molar-refractivity contribution in [3.8, 4) is 0 Å². The molecule has 28 heavy (non-hydrogen) atoms. The predicted molar refractivity (Wildman–Crippen MR) is 113 cm³/mol. The lowest BCUT2D eigenvalue weighted by Crippen LogP contribution is -2.40. The molecule has 8 heteroatoms. The van der Waals surface area contributed by atoms with Gasteiger partial charge < -0.3 is 4.52 Å². The van der Waals surface area contributed by atoms with Crippen LogP contribution in [0.2, 0.25) is 0 Å². The minimum Gasteiger partial charge on any atom is -0.325 e. The van der Waals surface area contributed by atoms with Crippen LogP contribution in [-0.2, 0) is 27.6 Å².